The maximum Gasteiger partial charge on any atom is 0.218 e. The molecule has 0 saturated carbocycles. The monoisotopic (exact) mass is 211 g/mol. The van der Waals surface area contributed by atoms with Gasteiger partial charge >= 0.3 is 0 Å². The number of hydrogen-bond donors (Lipinski definition) is 2. The van der Waals surface area contributed by atoms with Crippen molar-refractivity contribution in [3.8, 4) is 6.07 Å². The minimum Gasteiger partial charge on any atom is -0.370 e. The lowest BCUT2D eigenvalue weighted by molar-refractivity contribution is -0.117. The van der Waals surface area contributed by atoms with Crippen LogP contribution in [0.1, 0.15) is 39.5 Å². The van der Waals surface area contributed by atoms with Crippen molar-refractivity contribution >= 4 is 5.91 Å². The van der Waals surface area contributed by atoms with Crippen LogP contribution in [0.15, 0.2) is 0 Å². The van der Waals surface area contributed by atoms with E-state index in [1.165, 1.54) is 0 Å². The number of unbranched alkanes of at least 4 members (excludes halogenated alkanes) is 1. The second-order valence-corrected chi connectivity index (χ2v) is 4.42. The van der Waals surface area contributed by atoms with Crippen molar-refractivity contribution in [1.29, 1.82) is 5.26 Å². The molecule has 0 aliphatic carbocycles. The molecule has 0 bridgehead atoms. The van der Waals surface area contributed by atoms with Crippen molar-refractivity contribution in [2.45, 2.75) is 39.5 Å². The molecule has 0 fully saturated rings. The molecule has 15 heavy (non-hydrogen) atoms. The maximum atomic E-state index is 10.4. The molecule has 0 aliphatic rings. The van der Waals surface area contributed by atoms with E-state index in [1.54, 1.807) is 0 Å². The lowest BCUT2D eigenvalue weighted by atomic mass is 9.89. The van der Waals surface area contributed by atoms with Gasteiger partial charge in [0.25, 0.3) is 0 Å². The number of primary amides is 1. The third-order valence-corrected chi connectivity index (χ3v) is 2.26. The summed E-state index contributed by atoms with van der Waals surface area (Å²) in [4.78, 5) is 10.4. The molecule has 0 unspecified atom stereocenters. The van der Waals surface area contributed by atoms with Gasteiger partial charge in [-0.3, -0.25) is 4.79 Å². The van der Waals surface area contributed by atoms with E-state index in [-0.39, 0.29) is 11.3 Å². The normalized spacial score (nSPS) is 11.0. The molecular weight excluding hydrogens is 190 g/mol. The van der Waals surface area contributed by atoms with Gasteiger partial charge in [0.05, 0.1) is 11.5 Å². The number of carbonyl (C=O) groups excluding carboxylic acids is 1. The Kier molecular flexibility index (Phi) is 6.72. The van der Waals surface area contributed by atoms with Crippen molar-refractivity contribution < 1.29 is 4.79 Å². The Bertz CT molecular complexity index is 230. The molecule has 4 nitrogen and oxygen atoms in total. The van der Waals surface area contributed by atoms with Crippen LogP contribution in [0, 0.1) is 16.7 Å². The summed E-state index contributed by atoms with van der Waals surface area (Å²) in [5, 5.41) is 11.9. The van der Waals surface area contributed by atoms with Crippen LogP contribution in [-0.4, -0.2) is 19.0 Å². The van der Waals surface area contributed by atoms with Crippen LogP contribution < -0.4 is 11.1 Å². The number of amides is 1. The lowest BCUT2D eigenvalue weighted by Crippen LogP contribution is -2.23. The van der Waals surface area contributed by atoms with Gasteiger partial charge < -0.3 is 11.1 Å². The van der Waals surface area contributed by atoms with Gasteiger partial charge in [-0.2, -0.15) is 5.26 Å². The van der Waals surface area contributed by atoms with Crippen molar-refractivity contribution in [1.82, 2.24) is 5.32 Å². The van der Waals surface area contributed by atoms with Gasteiger partial charge in [-0.25, -0.2) is 0 Å². The van der Waals surface area contributed by atoms with Crippen molar-refractivity contribution in [2.75, 3.05) is 13.1 Å². The van der Waals surface area contributed by atoms with E-state index in [0.717, 1.165) is 25.8 Å². The largest absolute Gasteiger partial charge is 0.370 e. The molecule has 1 amide bonds. The van der Waals surface area contributed by atoms with Crippen LogP contribution in [0.25, 0.3) is 0 Å². The zero-order valence-electron chi connectivity index (χ0n) is 9.68. The topological polar surface area (TPSA) is 78.9 Å². The van der Waals surface area contributed by atoms with E-state index in [0.29, 0.717) is 13.0 Å². The van der Waals surface area contributed by atoms with Gasteiger partial charge in [0.15, 0.2) is 0 Å². The summed E-state index contributed by atoms with van der Waals surface area (Å²) in [7, 11) is 0. The number of rotatable bonds is 8. The first-order valence-electron chi connectivity index (χ1n) is 5.38. The Labute approximate surface area is 91.8 Å². The minimum atomic E-state index is -0.270. The molecule has 0 aromatic carbocycles. The maximum absolute atomic E-state index is 10.4. The number of carbonyl (C=O) groups is 1. The first-order valence-corrected chi connectivity index (χ1v) is 5.38. The lowest BCUT2D eigenvalue weighted by Gasteiger charge is -2.14. The second-order valence-electron chi connectivity index (χ2n) is 4.42. The first kappa shape index (κ1) is 13.9. The fraction of sp³-hybridized carbons (Fsp3) is 0.818. The summed E-state index contributed by atoms with van der Waals surface area (Å²) in [5.74, 6) is -0.270. The third-order valence-electron chi connectivity index (χ3n) is 2.26. The summed E-state index contributed by atoms with van der Waals surface area (Å²) in [6.45, 7) is 5.44. The molecule has 0 saturated heterocycles. The van der Waals surface area contributed by atoms with Crippen LogP contribution in [0.2, 0.25) is 0 Å². The van der Waals surface area contributed by atoms with E-state index in [2.05, 4.69) is 11.4 Å². The summed E-state index contributed by atoms with van der Waals surface area (Å²) in [6, 6.07) is 2.28. The Morgan fingerprint density at radius 1 is 1.40 bits per heavy atom. The fourth-order valence-electron chi connectivity index (χ4n) is 1.21. The van der Waals surface area contributed by atoms with Crippen molar-refractivity contribution in [2.24, 2.45) is 11.1 Å². The molecule has 0 rings (SSSR count). The molecule has 0 heterocycles. The summed E-state index contributed by atoms with van der Waals surface area (Å²) in [5.41, 5.74) is 4.78. The smallest absolute Gasteiger partial charge is 0.218 e. The van der Waals surface area contributed by atoms with E-state index < -0.39 is 0 Å². The molecule has 0 spiro atoms. The van der Waals surface area contributed by atoms with Crippen LogP contribution in [0.5, 0.6) is 0 Å². The molecule has 0 aromatic rings. The minimum absolute atomic E-state index is 0.215. The fourth-order valence-corrected chi connectivity index (χ4v) is 1.21. The Balaban J connectivity index is 3.26. The average Bonchev–Trinajstić information content (AvgIpc) is 2.16. The molecule has 0 atom stereocenters. The zero-order chi connectivity index (χ0) is 11.7. The van der Waals surface area contributed by atoms with Gasteiger partial charge in [-0.15, -0.1) is 0 Å². The van der Waals surface area contributed by atoms with E-state index in [9.17, 15) is 4.79 Å². The van der Waals surface area contributed by atoms with Gasteiger partial charge in [-0.1, -0.05) is 6.42 Å². The van der Waals surface area contributed by atoms with E-state index >= 15 is 0 Å². The number of hydrogen-bond acceptors (Lipinski definition) is 3. The number of nitrogens with two attached hydrogens (primary N) is 1. The predicted molar refractivity (Wildman–Crippen MR) is 59.9 cm³/mol. The van der Waals surface area contributed by atoms with Gasteiger partial charge in [0, 0.05) is 13.0 Å². The number of nitrogens with one attached hydrogen (secondary N) is 1. The van der Waals surface area contributed by atoms with Crippen molar-refractivity contribution in [3.05, 3.63) is 0 Å². The molecule has 0 aromatic heterocycles. The van der Waals surface area contributed by atoms with Crippen LogP contribution in [0.4, 0.5) is 0 Å². The van der Waals surface area contributed by atoms with Gasteiger partial charge in [0.2, 0.25) is 5.91 Å². The highest BCUT2D eigenvalue weighted by Crippen LogP contribution is 2.21. The SMILES string of the molecule is CC(C)(C#N)CCCCNCCC(N)=O. The van der Waals surface area contributed by atoms with Crippen LogP contribution in [-0.2, 0) is 4.79 Å². The molecule has 0 radical (unpaired) electrons. The highest BCUT2D eigenvalue weighted by Gasteiger charge is 2.14. The Morgan fingerprint density at radius 2 is 2.07 bits per heavy atom. The summed E-state index contributed by atoms with van der Waals surface area (Å²) in [6.07, 6.45) is 3.37. The average molecular weight is 211 g/mol. The Morgan fingerprint density at radius 3 is 2.60 bits per heavy atom. The molecule has 4 heteroatoms. The quantitative estimate of drug-likeness (QED) is 0.591. The van der Waals surface area contributed by atoms with Crippen molar-refractivity contribution in [3.63, 3.8) is 0 Å². The highest BCUT2D eigenvalue weighted by molar-refractivity contribution is 5.73. The highest BCUT2D eigenvalue weighted by atomic mass is 16.1. The van der Waals surface area contributed by atoms with Gasteiger partial charge in [-0.05, 0) is 33.2 Å². The van der Waals surface area contributed by atoms with Gasteiger partial charge in [0.1, 0.15) is 0 Å². The Hall–Kier alpha value is -1.08. The first-order chi connectivity index (χ1) is 6.98. The molecule has 3 N–H and O–H groups in total. The summed E-state index contributed by atoms with van der Waals surface area (Å²) >= 11 is 0. The van der Waals surface area contributed by atoms with E-state index in [4.69, 9.17) is 11.0 Å². The van der Waals surface area contributed by atoms with Crippen LogP contribution >= 0.6 is 0 Å². The van der Waals surface area contributed by atoms with Crippen LogP contribution in [0.3, 0.4) is 0 Å². The zero-order valence-corrected chi connectivity index (χ0v) is 9.68. The molecule has 0 aliphatic heterocycles. The number of nitrogens with zero attached hydrogens (tertiary/aromatic N) is 1. The predicted octanol–water partition coefficient (Wildman–Crippen LogP) is 1.17. The number of nitriles is 1. The molecular formula is C11H21N3O. The summed E-state index contributed by atoms with van der Waals surface area (Å²) < 4.78 is 0. The molecule has 86 valence electrons. The standard InChI is InChI=1S/C11H21N3O/c1-11(2,9-12)6-3-4-7-14-8-5-10(13)15/h14H,3-8H2,1-2H3,(H2,13,15). The third kappa shape index (κ3) is 9.23. The van der Waals surface area contributed by atoms with E-state index in [1.807, 2.05) is 13.8 Å². The second kappa shape index (κ2) is 7.24.